The minimum Gasteiger partial charge on any atom is -0.225 e. The van der Waals surface area contributed by atoms with Crippen molar-refractivity contribution in [1.29, 1.82) is 0 Å². The molecule has 0 amide bonds. The van der Waals surface area contributed by atoms with Gasteiger partial charge in [0.1, 0.15) is 0 Å². The molecule has 90 valence electrons. The van der Waals surface area contributed by atoms with Crippen LogP contribution in [0.15, 0.2) is 28.0 Å². The van der Waals surface area contributed by atoms with Crippen LogP contribution in [0.4, 0.5) is 0 Å². The van der Waals surface area contributed by atoms with Gasteiger partial charge in [0.2, 0.25) is 10.0 Å². The Labute approximate surface area is 98.7 Å². The van der Waals surface area contributed by atoms with Gasteiger partial charge in [-0.15, -0.1) is 0 Å². The molecule has 0 spiro atoms. The minimum atomic E-state index is -3.96. The first-order valence-corrected chi connectivity index (χ1v) is 8.12. The van der Waals surface area contributed by atoms with Gasteiger partial charge in [0.25, 0.3) is 9.05 Å². The number of nitrogens with two attached hydrogens (primary N) is 1. The number of halogens is 1. The van der Waals surface area contributed by atoms with E-state index in [1.54, 1.807) is 6.92 Å². The van der Waals surface area contributed by atoms with Gasteiger partial charge in [-0.25, -0.2) is 22.0 Å². The fourth-order valence-corrected chi connectivity index (χ4v) is 2.96. The van der Waals surface area contributed by atoms with Gasteiger partial charge in [-0.05, 0) is 24.1 Å². The third kappa shape index (κ3) is 2.94. The van der Waals surface area contributed by atoms with Gasteiger partial charge >= 0.3 is 0 Å². The van der Waals surface area contributed by atoms with E-state index in [9.17, 15) is 16.8 Å². The number of hydrogen-bond donors (Lipinski definition) is 1. The van der Waals surface area contributed by atoms with Crippen molar-refractivity contribution in [2.75, 3.05) is 0 Å². The third-order valence-electron chi connectivity index (χ3n) is 2.01. The van der Waals surface area contributed by atoms with Crippen molar-refractivity contribution in [3.8, 4) is 0 Å². The molecule has 0 saturated heterocycles. The Morgan fingerprint density at radius 1 is 1.25 bits per heavy atom. The van der Waals surface area contributed by atoms with Gasteiger partial charge < -0.3 is 0 Å². The maximum absolute atomic E-state index is 11.2. The van der Waals surface area contributed by atoms with E-state index in [-0.39, 0.29) is 9.79 Å². The van der Waals surface area contributed by atoms with Crippen LogP contribution in [-0.4, -0.2) is 16.8 Å². The molecule has 0 aromatic heterocycles. The fourth-order valence-electron chi connectivity index (χ4n) is 1.24. The quantitative estimate of drug-likeness (QED) is 0.831. The molecule has 2 N–H and O–H groups in total. The van der Waals surface area contributed by atoms with E-state index in [2.05, 4.69) is 0 Å². The molecule has 0 aliphatic carbocycles. The third-order valence-corrected chi connectivity index (χ3v) is 4.35. The fraction of sp³-hybridized carbons (Fsp3) is 0.250. The van der Waals surface area contributed by atoms with Crippen molar-refractivity contribution < 1.29 is 16.8 Å². The second-order valence-electron chi connectivity index (χ2n) is 3.11. The SMILES string of the molecule is CCc1ccc(S(=O)(=O)Cl)cc1S(N)(=O)=O. The molecular weight excluding hydrogens is 274 g/mol. The van der Waals surface area contributed by atoms with E-state index in [0.717, 1.165) is 6.07 Å². The highest BCUT2D eigenvalue weighted by Crippen LogP contribution is 2.22. The highest BCUT2D eigenvalue weighted by molar-refractivity contribution is 8.13. The van der Waals surface area contributed by atoms with Crippen LogP contribution in [0.3, 0.4) is 0 Å². The topological polar surface area (TPSA) is 94.3 Å². The molecule has 1 aromatic rings. The van der Waals surface area contributed by atoms with Crippen molar-refractivity contribution in [3.63, 3.8) is 0 Å². The summed E-state index contributed by atoms with van der Waals surface area (Å²) in [6.45, 7) is 1.74. The van der Waals surface area contributed by atoms with Crippen LogP contribution < -0.4 is 5.14 Å². The second kappa shape index (κ2) is 4.33. The van der Waals surface area contributed by atoms with E-state index in [1.165, 1.54) is 12.1 Å². The predicted molar refractivity (Wildman–Crippen MR) is 60.2 cm³/mol. The monoisotopic (exact) mass is 283 g/mol. The largest absolute Gasteiger partial charge is 0.261 e. The number of hydrogen-bond acceptors (Lipinski definition) is 4. The van der Waals surface area contributed by atoms with Crippen molar-refractivity contribution >= 4 is 29.8 Å². The van der Waals surface area contributed by atoms with E-state index < -0.39 is 19.1 Å². The molecule has 8 heteroatoms. The van der Waals surface area contributed by atoms with Gasteiger partial charge in [0.15, 0.2) is 0 Å². The zero-order valence-electron chi connectivity index (χ0n) is 8.34. The average Bonchev–Trinajstić information content (AvgIpc) is 2.14. The number of rotatable bonds is 3. The highest BCUT2D eigenvalue weighted by atomic mass is 35.7. The number of benzene rings is 1. The lowest BCUT2D eigenvalue weighted by Crippen LogP contribution is -2.15. The molecule has 0 aliphatic heterocycles. The maximum Gasteiger partial charge on any atom is 0.261 e. The van der Waals surface area contributed by atoms with Crippen LogP contribution >= 0.6 is 10.7 Å². The molecule has 0 fully saturated rings. The summed E-state index contributed by atoms with van der Waals surface area (Å²) in [5.41, 5.74) is 0.451. The number of aryl methyl sites for hydroxylation is 1. The first-order chi connectivity index (χ1) is 7.16. The molecule has 0 aliphatic rings. The summed E-state index contributed by atoms with van der Waals surface area (Å²) in [4.78, 5) is -0.493. The predicted octanol–water partition coefficient (Wildman–Crippen LogP) is 0.824. The van der Waals surface area contributed by atoms with E-state index >= 15 is 0 Å². The lowest BCUT2D eigenvalue weighted by Gasteiger charge is -2.06. The van der Waals surface area contributed by atoms with Gasteiger partial charge in [0, 0.05) is 10.7 Å². The van der Waals surface area contributed by atoms with Gasteiger partial charge in [-0.2, -0.15) is 0 Å². The molecule has 0 saturated carbocycles. The van der Waals surface area contributed by atoms with Crippen LogP contribution in [0.1, 0.15) is 12.5 Å². The van der Waals surface area contributed by atoms with Crippen molar-refractivity contribution in [3.05, 3.63) is 23.8 Å². The van der Waals surface area contributed by atoms with Gasteiger partial charge in [-0.1, -0.05) is 13.0 Å². The van der Waals surface area contributed by atoms with E-state index in [0.29, 0.717) is 12.0 Å². The summed E-state index contributed by atoms with van der Waals surface area (Å²) < 4.78 is 44.5. The van der Waals surface area contributed by atoms with Crippen molar-refractivity contribution in [1.82, 2.24) is 0 Å². The minimum absolute atomic E-state index is 0.211. The molecule has 1 rings (SSSR count). The van der Waals surface area contributed by atoms with E-state index in [4.69, 9.17) is 15.8 Å². The molecule has 0 unspecified atom stereocenters. The zero-order chi connectivity index (χ0) is 12.6. The average molecular weight is 284 g/mol. The van der Waals surface area contributed by atoms with Crippen LogP contribution in [0.25, 0.3) is 0 Å². The Bertz CT molecular complexity index is 607. The Balaban J connectivity index is 3.58. The molecular formula is C8H10ClNO4S2. The zero-order valence-corrected chi connectivity index (χ0v) is 10.7. The van der Waals surface area contributed by atoms with Crippen LogP contribution in [0.5, 0.6) is 0 Å². The summed E-state index contributed by atoms with van der Waals surface area (Å²) in [7, 11) is -2.80. The van der Waals surface area contributed by atoms with Crippen LogP contribution in [-0.2, 0) is 25.5 Å². The standard InChI is InChI=1S/C8H10ClNO4S2/c1-2-6-3-4-7(15(9,11)12)5-8(6)16(10,13)14/h3-5H,2H2,1H3,(H2,10,13,14). The summed E-state index contributed by atoms with van der Waals surface area (Å²) >= 11 is 0. The smallest absolute Gasteiger partial charge is 0.225 e. The summed E-state index contributed by atoms with van der Waals surface area (Å²) in [6.07, 6.45) is 0.425. The number of sulfonamides is 1. The normalized spacial score (nSPS) is 12.7. The first kappa shape index (κ1) is 13.4. The summed E-state index contributed by atoms with van der Waals surface area (Å²) in [5, 5.41) is 4.98. The summed E-state index contributed by atoms with van der Waals surface area (Å²) in [5.74, 6) is 0. The number of primary sulfonamides is 1. The molecule has 5 nitrogen and oxygen atoms in total. The van der Waals surface area contributed by atoms with Crippen molar-refractivity contribution in [2.24, 2.45) is 5.14 Å². The molecule has 0 atom stereocenters. The highest BCUT2D eigenvalue weighted by Gasteiger charge is 2.18. The van der Waals surface area contributed by atoms with Crippen LogP contribution in [0, 0.1) is 0 Å². The molecule has 1 aromatic carbocycles. The molecule has 0 bridgehead atoms. The lowest BCUT2D eigenvalue weighted by atomic mass is 10.2. The molecule has 16 heavy (non-hydrogen) atoms. The Morgan fingerprint density at radius 2 is 1.81 bits per heavy atom. The first-order valence-electron chi connectivity index (χ1n) is 4.26. The summed E-state index contributed by atoms with van der Waals surface area (Å²) in [6, 6.07) is 3.60. The van der Waals surface area contributed by atoms with E-state index in [1.807, 2.05) is 0 Å². The maximum atomic E-state index is 11.2. The lowest BCUT2D eigenvalue weighted by molar-refractivity contribution is 0.596. The van der Waals surface area contributed by atoms with Crippen molar-refractivity contribution in [2.45, 2.75) is 23.1 Å². The Morgan fingerprint density at radius 3 is 2.19 bits per heavy atom. The second-order valence-corrected chi connectivity index (χ2v) is 7.20. The van der Waals surface area contributed by atoms with Gasteiger partial charge in [0.05, 0.1) is 9.79 Å². The Hall–Kier alpha value is -0.630. The van der Waals surface area contributed by atoms with Crippen LogP contribution in [0.2, 0.25) is 0 Å². The molecule has 0 radical (unpaired) electrons. The van der Waals surface area contributed by atoms with Gasteiger partial charge in [-0.3, -0.25) is 0 Å². The Kier molecular flexibility index (Phi) is 3.63. The molecule has 0 heterocycles.